The molecule has 0 atom stereocenters. The number of aliphatic carboxylic acids is 1. The molecule has 0 fully saturated rings. The molecule has 0 saturated heterocycles. The Balaban J connectivity index is 2.96. The largest absolute Gasteiger partial charge is 0.479 e. The Labute approximate surface area is 85.2 Å². The highest BCUT2D eigenvalue weighted by Crippen LogP contribution is 2.27. The number of carboxylic acids is 1. The van der Waals surface area contributed by atoms with Crippen molar-refractivity contribution < 1.29 is 19.6 Å². The molecule has 0 spiro atoms. The summed E-state index contributed by atoms with van der Waals surface area (Å²) in [6.45, 7) is 1.14. The zero-order valence-electron chi connectivity index (χ0n) is 7.97. The van der Waals surface area contributed by atoms with E-state index in [1.807, 2.05) is 0 Å². The van der Waals surface area contributed by atoms with Crippen LogP contribution in [0.3, 0.4) is 0 Å². The highest BCUT2D eigenvalue weighted by Gasteiger charge is 2.15. The second-order valence-electron chi connectivity index (χ2n) is 2.91. The number of nitro benzene ring substituents is 1. The topological polar surface area (TPSA) is 89.7 Å². The molecule has 0 aromatic heterocycles. The van der Waals surface area contributed by atoms with Gasteiger partial charge in [-0.2, -0.15) is 0 Å². The van der Waals surface area contributed by atoms with Gasteiger partial charge in [0, 0.05) is 6.07 Å². The van der Waals surface area contributed by atoms with Gasteiger partial charge in [-0.1, -0.05) is 6.07 Å². The van der Waals surface area contributed by atoms with Crippen molar-refractivity contribution in [1.29, 1.82) is 0 Å². The van der Waals surface area contributed by atoms with Gasteiger partial charge in [-0.3, -0.25) is 10.1 Å². The summed E-state index contributed by atoms with van der Waals surface area (Å²) in [7, 11) is 0. The molecule has 80 valence electrons. The lowest BCUT2D eigenvalue weighted by Crippen LogP contribution is -2.10. The van der Waals surface area contributed by atoms with E-state index >= 15 is 0 Å². The number of ether oxygens (including phenoxy) is 1. The molecular weight excluding hydrogens is 202 g/mol. The smallest absolute Gasteiger partial charge is 0.341 e. The van der Waals surface area contributed by atoms with Gasteiger partial charge in [0.25, 0.3) is 0 Å². The van der Waals surface area contributed by atoms with E-state index in [2.05, 4.69) is 0 Å². The summed E-state index contributed by atoms with van der Waals surface area (Å²) >= 11 is 0. The molecule has 0 aliphatic carbocycles. The van der Waals surface area contributed by atoms with E-state index in [0.29, 0.717) is 0 Å². The lowest BCUT2D eigenvalue weighted by molar-refractivity contribution is -0.385. The van der Waals surface area contributed by atoms with Crippen LogP contribution in [0, 0.1) is 17.0 Å². The van der Waals surface area contributed by atoms with E-state index < -0.39 is 17.5 Å². The lowest BCUT2D eigenvalue weighted by Gasteiger charge is -2.04. The summed E-state index contributed by atoms with van der Waals surface area (Å²) < 4.78 is 4.80. The fourth-order valence-corrected chi connectivity index (χ4v) is 1.03. The monoisotopic (exact) mass is 211 g/mol. The molecule has 0 amide bonds. The fourth-order valence-electron chi connectivity index (χ4n) is 1.03. The molecule has 1 rings (SSSR count). The number of carbonyl (C=O) groups is 1. The Hall–Kier alpha value is -2.11. The summed E-state index contributed by atoms with van der Waals surface area (Å²) in [5, 5.41) is 18.9. The third kappa shape index (κ3) is 2.94. The van der Waals surface area contributed by atoms with Crippen molar-refractivity contribution in [3.8, 4) is 5.75 Å². The first-order valence-electron chi connectivity index (χ1n) is 4.10. The molecular formula is C9H9NO5. The Bertz CT molecular complexity index is 401. The second kappa shape index (κ2) is 4.41. The molecule has 6 heteroatoms. The number of nitro groups is 1. The van der Waals surface area contributed by atoms with Crippen LogP contribution in [-0.2, 0) is 4.79 Å². The highest BCUT2D eigenvalue weighted by atomic mass is 16.6. The summed E-state index contributed by atoms with van der Waals surface area (Å²) in [4.78, 5) is 20.2. The van der Waals surface area contributed by atoms with E-state index in [1.165, 1.54) is 12.1 Å². The van der Waals surface area contributed by atoms with Gasteiger partial charge in [0.2, 0.25) is 0 Å². The zero-order chi connectivity index (χ0) is 11.4. The van der Waals surface area contributed by atoms with E-state index in [-0.39, 0.29) is 11.4 Å². The number of aryl methyl sites for hydroxylation is 1. The Morgan fingerprint density at radius 3 is 2.80 bits per heavy atom. The van der Waals surface area contributed by atoms with Gasteiger partial charge < -0.3 is 9.84 Å². The highest BCUT2D eigenvalue weighted by molar-refractivity contribution is 5.68. The maximum Gasteiger partial charge on any atom is 0.341 e. The number of rotatable bonds is 4. The van der Waals surface area contributed by atoms with Crippen molar-refractivity contribution in [2.45, 2.75) is 6.92 Å². The van der Waals surface area contributed by atoms with Crippen LogP contribution in [0.25, 0.3) is 0 Å². The normalized spacial score (nSPS) is 9.67. The van der Waals surface area contributed by atoms with Crippen LogP contribution in [-0.4, -0.2) is 22.6 Å². The van der Waals surface area contributed by atoms with E-state index in [0.717, 1.165) is 5.56 Å². The standard InChI is InChI=1S/C9H9NO5/c1-6-2-3-7(10(13)14)8(4-6)15-5-9(11)12/h2-4H,5H2,1H3,(H,11,12). The van der Waals surface area contributed by atoms with Crippen molar-refractivity contribution in [3.63, 3.8) is 0 Å². The summed E-state index contributed by atoms with van der Waals surface area (Å²) in [5.41, 5.74) is 0.530. The molecule has 0 unspecified atom stereocenters. The van der Waals surface area contributed by atoms with Crippen LogP contribution in [0.5, 0.6) is 5.75 Å². The third-order valence-corrected chi connectivity index (χ3v) is 1.66. The quantitative estimate of drug-likeness (QED) is 0.600. The maximum atomic E-state index is 10.6. The van der Waals surface area contributed by atoms with Crippen LogP contribution in [0.1, 0.15) is 5.56 Å². The fraction of sp³-hybridized carbons (Fsp3) is 0.222. The molecule has 0 aliphatic rings. The van der Waals surface area contributed by atoms with Crippen LogP contribution in [0.15, 0.2) is 18.2 Å². The van der Waals surface area contributed by atoms with Gasteiger partial charge in [0.05, 0.1) is 4.92 Å². The average Bonchev–Trinajstić information content (AvgIpc) is 2.14. The zero-order valence-corrected chi connectivity index (χ0v) is 7.97. The SMILES string of the molecule is Cc1ccc([N+](=O)[O-])c(OCC(=O)O)c1. The first-order valence-corrected chi connectivity index (χ1v) is 4.10. The van der Waals surface area contributed by atoms with Crippen LogP contribution >= 0.6 is 0 Å². The number of carboxylic acid groups (broad SMARTS) is 1. The predicted octanol–water partition coefficient (Wildman–Crippen LogP) is 1.37. The molecule has 0 saturated carbocycles. The molecule has 15 heavy (non-hydrogen) atoms. The molecule has 0 aliphatic heterocycles. The van der Waals surface area contributed by atoms with Gasteiger partial charge in [0.15, 0.2) is 12.4 Å². The van der Waals surface area contributed by atoms with Gasteiger partial charge >= 0.3 is 11.7 Å². The summed E-state index contributed by atoms with van der Waals surface area (Å²) in [6, 6.07) is 4.28. The summed E-state index contributed by atoms with van der Waals surface area (Å²) in [6.07, 6.45) is 0. The molecule has 1 N–H and O–H groups in total. The van der Waals surface area contributed by atoms with Crippen LogP contribution < -0.4 is 4.74 Å². The van der Waals surface area contributed by atoms with Crippen molar-refractivity contribution >= 4 is 11.7 Å². The van der Waals surface area contributed by atoms with Crippen molar-refractivity contribution in [2.24, 2.45) is 0 Å². The van der Waals surface area contributed by atoms with Gasteiger partial charge in [-0.25, -0.2) is 4.79 Å². The molecule has 0 bridgehead atoms. The molecule has 1 aromatic rings. The third-order valence-electron chi connectivity index (χ3n) is 1.66. The van der Waals surface area contributed by atoms with Crippen molar-refractivity contribution in [3.05, 3.63) is 33.9 Å². The summed E-state index contributed by atoms with van der Waals surface area (Å²) in [5.74, 6) is -1.20. The van der Waals surface area contributed by atoms with Crippen molar-refractivity contribution in [2.75, 3.05) is 6.61 Å². The minimum absolute atomic E-state index is 0.0256. The maximum absolute atomic E-state index is 10.6. The van der Waals surface area contributed by atoms with E-state index in [1.54, 1.807) is 13.0 Å². The number of benzene rings is 1. The van der Waals surface area contributed by atoms with Gasteiger partial charge in [0.1, 0.15) is 0 Å². The lowest BCUT2D eigenvalue weighted by atomic mass is 10.2. The first kappa shape index (κ1) is 11.0. The number of nitrogens with zero attached hydrogens (tertiary/aromatic N) is 1. The minimum Gasteiger partial charge on any atom is -0.479 e. The Morgan fingerprint density at radius 1 is 1.60 bits per heavy atom. The van der Waals surface area contributed by atoms with Crippen LogP contribution in [0.2, 0.25) is 0 Å². The minimum atomic E-state index is -1.18. The van der Waals surface area contributed by atoms with E-state index in [4.69, 9.17) is 9.84 Å². The molecule has 6 nitrogen and oxygen atoms in total. The van der Waals surface area contributed by atoms with Gasteiger partial charge in [-0.05, 0) is 18.6 Å². The number of hydrogen-bond donors (Lipinski definition) is 1. The number of hydrogen-bond acceptors (Lipinski definition) is 4. The molecule has 1 aromatic carbocycles. The van der Waals surface area contributed by atoms with Gasteiger partial charge in [-0.15, -0.1) is 0 Å². The second-order valence-corrected chi connectivity index (χ2v) is 2.91. The van der Waals surface area contributed by atoms with E-state index in [9.17, 15) is 14.9 Å². The predicted molar refractivity (Wildman–Crippen MR) is 51.0 cm³/mol. The molecule has 0 radical (unpaired) electrons. The first-order chi connectivity index (χ1) is 7.00. The van der Waals surface area contributed by atoms with Crippen LogP contribution in [0.4, 0.5) is 5.69 Å². The van der Waals surface area contributed by atoms with Crippen molar-refractivity contribution in [1.82, 2.24) is 0 Å². The Morgan fingerprint density at radius 2 is 2.27 bits per heavy atom. The molecule has 0 heterocycles. The Kier molecular flexibility index (Phi) is 3.22. The average molecular weight is 211 g/mol.